The van der Waals surface area contributed by atoms with Gasteiger partial charge in [-0.05, 0) is 57.2 Å². The summed E-state index contributed by atoms with van der Waals surface area (Å²) in [6.45, 7) is 4.50. The molecule has 1 unspecified atom stereocenters. The Hall–Kier alpha value is -3.65. The van der Waals surface area contributed by atoms with Crippen LogP contribution >= 0.6 is 0 Å². The third-order valence-corrected chi connectivity index (χ3v) is 8.00. The summed E-state index contributed by atoms with van der Waals surface area (Å²) in [5.74, 6) is 4.38. The summed E-state index contributed by atoms with van der Waals surface area (Å²) in [6.07, 6.45) is 1.71. The van der Waals surface area contributed by atoms with E-state index in [1.165, 1.54) is 12.3 Å². The first kappa shape index (κ1) is 25.0. The van der Waals surface area contributed by atoms with Gasteiger partial charge in [0.15, 0.2) is 0 Å². The van der Waals surface area contributed by atoms with Gasteiger partial charge < -0.3 is 15.0 Å². The van der Waals surface area contributed by atoms with Gasteiger partial charge >= 0.3 is 0 Å². The number of halogens is 1. The van der Waals surface area contributed by atoms with Gasteiger partial charge in [0.2, 0.25) is 0 Å². The van der Waals surface area contributed by atoms with Crippen molar-refractivity contribution in [2.75, 3.05) is 32.5 Å². The molecule has 6 nitrogen and oxygen atoms in total. The second-order valence-electron chi connectivity index (χ2n) is 9.39. The molecule has 1 amide bonds. The highest BCUT2D eigenvalue weighted by atomic mass is 32.2. The van der Waals surface area contributed by atoms with Gasteiger partial charge in [-0.1, -0.05) is 37.3 Å². The Morgan fingerprint density at radius 3 is 2.54 bits per heavy atom. The molecule has 37 heavy (non-hydrogen) atoms. The van der Waals surface area contributed by atoms with Crippen LogP contribution in [-0.4, -0.2) is 59.2 Å². The van der Waals surface area contributed by atoms with Crippen LogP contribution in [0.3, 0.4) is 0 Å². The Morgan fingerprint density at radius 1 is 1.14 bits per heavy atom. The third-order valence-electron chi connectivity index (χ3n) is 6.75. The number of hydrogen-bond donors (Lipinski definition) is 1. The van der Waals surface area contributed by atoms with Gasteiger partial charge in [0.05, 0.1) is 18.0 Å². The van der Waals surface area contributed by atoms with Crippen molar-refractivity contribution in [1.29, 1.82) is 0 Å². The summed E-state index contributed by atoms with van der Waals surface area (Å²) < 4.78 is 33.6. The summed E-state index contributed by atoms with van der Waals surface area (Å²) in [7, 11) is -2.75. The maximum absolute atomic E-state index is 15.2. The first-order valence-corrected chi connectivity index (χ1v) is 14.5. The highest BCUT2D eigenvalue weighted by molar-refractivity contribution is 7.99. The highest BCUT2D eigenvalue weighted by Crippen LogP contribution is 2.31. The first-order chi connectivity index (χ1) is 17.8. The largest absolute Gasteiger partial charge is 0.491 e. The molecule has 0 bridgehead atoms. The molecular formula is C29H30FN3O3S. The van der Waals surface area contributed by atoms with Crippen LogP contribution in [-0.2, 0) is 22.5 Å². The molecule has 2 aliphatic heterocycles. The van der Waals surface area contributed by atoms with E-state index in [1.807, 2.05) is 18.2 Å². The number of benzene rings is 3. The van der Waals surface area contributed by atoms with Crippen LogP contribution in [0, 0.1) is 5.82 Å². The molecule has 2 aliphatic rings. The average Bonchev–Trinajstić information content (AvgIpc) is 3.34. The third kappa shape index (κ3) is 4.98. The van der Waals surface area contributed by atoms with E-state index in [9.17, 15) is 9.00 Å². The van der Waals surface area contributed by atoms with E-state index in [1.54, 1.807) is 17.9 Å². The van der Waals surface area contributed by atoms with Gasteiger partial charge in [0, 0.05) is 41.6 Å². The lowest BCUT2D eigenvalue weighted by molar-refractivity contribution is 0.0731. The molecular weight excluding hydrogens is 489 g/mol. The van der Waals surface area contributed by atoms with Crippen molar-refractivity contribution in [2.24, 2.45) is 4.99 Å². The van der Waals surface area contributed by atoms with Crippen LogP contribution in [0.1, 0.15) is 34.0 Å². The number of nitrogens with zero attached hydrogens (tertiary/aromatic N) is 2. The number of ether oxygens (including phenoxy) is 1. The molecule has 0 saturated heterocycles. The summed E-state index contributed by atoms with van der Waals surface area (Å²) in [5, 5.41) is 3.29. The number of nitrogens with one attached hydrogen (secondary N) is 1. The van der Waals surface area contributed by atoms with Crippen molar-refractivity contribution in [3.63, 3.8) is 0 Å². The van der Waals surface area contributed by atoms with Gasteiger partial charge in [-0.25, -0.2) is 4.39 Å². The smallest absolute Gasteiger partial charge is 0.254 e. The number of aliphatic imine (C=N–C) groups is 1. The second-order valence-corrected chi connectivity index (χ2v) is 11.8. The number of rotatable bonds is 5. The Bertz CT molecular complexity index is 1500. The van der Waals surface area contributed by atoms with E-state index in [0.29, 0.717) is 26.1 Å². The zero-order valence-electron chi connectivity index (χ0n) is 21.1. The van der Waals surface area contributed by atoms with Crippen molar-refractivity contribution in [2.45, 2.75) is 24.8 Å². The maximum atomic E-state index is 15.2. The Morgan fingerprint density at radius 2 is 1.86 bits per heavy atom. The number of carbonyl (C=O) groups excluding carboxylic acids is 1. The highest BCUT2D eigenvalue weighted by Gasteiger charge is 2.26. The van der Waals surface area contributed by atoms with Crippen LogP contribution in [0.5, 0.6) is 5.75 Å². The van der Waals surface area contributed by atoms with Gasteiger partial charge in [-0.15, -0.1) is 0 Å². The SMILES string of the molecule is C=S(C)(=O)c1ccc(C(=O)N2CCOc3ccc(-c4ccc(C5=NCCN5)cc4)cc3C2)c(CC)c1F. The van der Waals surface area contributed by atoms with Gasteiger partial charge in [0.1, 0.15) is 24.0 Å². The molecule has 0 saturated carbocycles. The number of fused-ring (bicyclic) bond motifs is 1. The molecule has 0 spiro atoms. The molecule has 8 heteroatoms. The molecule has 3 aromatic carbocycles. The second kappa shape index (κ2) is 10.0. The van der Waals surface area contributed by atoms with E-state index in [4.69, 9.17) is 4.74 Å². The first-order valence-electron chi connectivity index (χ1n) is 12.3. The van der Waals surface area contributed by atoms with Crippen LogP contribution in [0.15, 0.2) is 64.5 Å². The van der Waals surface area contributed by atoms with Crippen molar-refractivity contribution in [3.05, 3.63) is 82.7 Å². The van der Waals surface area contributed by atoms with Gasteiger partial charge in [0.25, 0.3) is 5.91 Å². The monoisotopic (exact) mass is 519 g/mol. The van der Waals surface area contributed by atoms with E-state index in [2.05, 4.69) is 40.4 Å². The van der Waals surface area contributed by atoms with E-state index < -0.39 is 15.3 Å². The van der Waals surface area contributed by atoms with E-state index in [0.717, 1.165) is 46.9 Å². The lowest BCUT2D eigenvalue weighted by Gasteiger charge is -2.22. The van der Waals surface area contributed by atoms with Gasteiger partial charge in [-0.2, -0.15) is 0 Å². The normalized spacial score (nSPS) is 16.6. The van der Waals surface area contributed by atoms with E-state index >= 15 is 4.39 Å². The van der Waals surface area contributed by atoms with Crippen molar-refractivity contribution >= 4 is 27.1 Å². The summed E-state index contributed by atoms with van der Waals surface area (Å²) >= 11 is 0. The van der Waals surface area contributed by atoms with Crippen LogP contribution in [0.4, 0.5) is 4.39 Å². The quantitative estimate of drug-likeness (QED) is 0.515. The standard InChI is InChI=1S/C29H30FN3O3S/c1-4-23-24(10-12-26(27(23)30)37(2,3)35)29(34)33-15-16-36-25-11-9-21(17-22(25)18-33)19-5-7-20(8-6-19)28-31-13-14-32-28/h5-12,17H,2,4,13-16,18H2,1,3H3,(H,31,32). The number of amides is 1. The minimum Gasteiger partial charge on any atom is -0.491 e. The summed E-state index contributed by atoms with van der Waals surface area (Å²) in [4.78, 5) is 19.8. The van der Waals surface area contributed by atoms with E-state index in [-0.39, 0.29) is 21.9 Å². The summed E-state index contributed by atoms with van der Waals surface area (Å²) in [5.41, 5.74) is 4.56. The fourth-order valence-electron chi connectivity index (χ4n) is 4.81. The van der Waals surface area contributed by atoms with Crippen molar-refractivity contribution in [1.82, 2.24) is 10.2 Å². The maximum Gasteiger partial charge on any atom is 0.254 e. The molecule has 5 rings (SSSR count). The molecule has 3 aromatic rings. The molecule has 2 heterocycles. The lowest BCUT2D eigenvalue weighted by atomic mass is 10.00. The Balaban J connectivity index is 1.43. The number of hydrogen-bond acceptors (Lipinski definition) is 5. The average molecular weight is 520 g/mol. The lowest BCUT2D eigenvalue weighted by Crippen LogP contribution is -2.33. The molecule has 192 valence electrons. The van der Waals surface area contributed by atoms with Crippen molar-refractivity contribution < 1.29 is 18.1 Å². The molecule has 0 fully saturated rings. The van der Waals surface area contributed by atoms with Crippen molar-refractivity contribution in [3.8, 4) is 16.9 Å². The molecule has 1 N–H and O–H groups in total. The molecule has 0 aromatic heterocycles. The predicted octanol–water partition coefficient (Wildman–Crippen LogP) is 4.14. The number of carbonyl (C=O) groups is 1. The fourth-order valence-corrected chi connectivity index (χ4v) is 5.67. The zero-order chi connectivity index (χ0) is 26.2. The summed E-state index contributed by atoms with van der Waals surface area (Å²) in [6, 6.07) is 17.2. The Labute approximate surface area is 217 Å². The van der Waals surface area contributed by atoms with Crippen LogP contribution in [0.2, 0.25) is 0 Å². The minimum atomic E-state index is -2.75. The van der Waals surface area contributed by atoms with Crippen LogP contribution in [0.25, 0.3) is 11.1 Å². The Kier molecular flexibility index (Phi) is 6.77. The topological polar surface area (TPSA) is 71.0 Å². The fraction of sp³-hybridized carbons (Fsp3) is 0.276. The minimum absolute atomic E-state index is 0.0527. The molecule has 1 atom stereocenters. The van der Waals surface area contributed by atoms with Crippen LogP contribution < -0.4 is 10.1 Å². The predicted molar refractivity (Wildman–Crippen MR) is 147 cm³/mol. The molecule has 0 radical (unpaired) electrons. The molecule has 0 aliphatic carbocycles. The van der Waals surface area contributed by atoms with Gasteiger partial charge in [-0.3, -0.25) is 14.0 Å². The number of amidine groups is 1. The zero-order valence-corrected chi connectivity index (χ0v) is 21.9.